The number of aryl methyl sites for hydroxylation is 1. The first-order valence-electron chi connectivity index (χ1n) is 6.55. The summed E-state index contributed by atoms with van der Waals surface area (Å²) in [7, 11) is 4.16. The first kappa shape index (κ1) is 12.6. The fourth-order valence-corrected chi connectivity index (χ4v) is 3.04. The molecule has 1 aromatic rings. The minimum Gasteiger partial charge on any atom is -0.326 e. The fourth-order valence-electron chi connectivity index (χ4n) is 3.04. The van der Waals surface area contributed by atoms with Crippen LogP contribution < -0.4 is 5.73 Å². The molecule has 0 aliphatic heterocycles. The Balaban J connectivity index is 2.16. The van der Waals surface area contributed by atoms with Gasteiger partial charge in [-0.25, -0.2) is 0 Å². The van der Waals surface area contributed by atoms with Crippen molar-refractivity contribution in [3.63, 3.8) is 0 Å². The van der Waals surface area contributed by atoms with Crippen molar-refractivity contribution in [3.8, 4) is 0 Å². The third-order valence-electron chi connectivity index (χ3n) is 3.90. The molecule has 0 aromatic carbocycles. The van der Waals surface area contributed by atoms with Crippen LogP contribution in [0.1, 0.15) is 44.2 Å². The first-order valence-corrected chi connectivity index (χ1v) is 6.55. The van der Waals surface area contributed by atoms with E-state index in [0.717, 1.165) is 0 Å². The van der Waals surface area contributed by atoms with E-state index >= 15 is 0 Å². The molecule has 0 saturated heterocycles. The normalized spacial score (nSPS) is 21.0. The molecule has 1 fully saturated rings. The predicted octanol–water partition coefficient (Wildman–Crippen LogP) is 1.68. The van der Waals surface area contributed by atoms with Crippen LogP contribution in [-0.2, 0) is 7.05 Å². The monoisotopic (exact) mass is 236 g/mol. The maximum atomic E-state index is 6.17. The number of nitrogens with zero attached hydrogens (tertiary/aromatic N) is 3. The van der Waals surface area contributed by atoms with E-state index in [0.29, 0.717) is 6.04 Å². The van der Waals surface area contributed by atoms with E-state index in [1.165, 1.54) is 31.2 Å². The molecule has 2 unspecified atom stereocenters. The van der Waals surface area contributed by atoms with E-state index in [-0.39, 0.29) is 12.1 Å². The SMILES string of the molecule is CC(N)C(c1cnn(C)c1)N(C)C1CCCC1. The van der Waals surface area contributed by atoms with Gasteiger partial charge >= 0.3 is 0 Å². The number of hydrogen-bond acceptors (Lipinski definition) is 3. The van der Waals surface area contributed by atoms with Gasteiger partial charge in [-0.3, -0.25) is 9.58 Å². The van der Waals surface area contributed by atoms with Crippen molar-refractivity contribution < 1.29 is 0 Å². The van der Waals surface area contributed by atoms with Gasteiger partial charge in [0.05, 0.1) is 12.2 Å². The molecule has 17 heavy (non-hydrogen) atoms. The van der Waals surface area contributed by atoms with Crippen LogP contribution in [0.25, 0.3) is 0 Å². The average Bonchev–Trinajstić information content (AvgIpc) is 2.88. The highest BCUT2D eigenvalue weighted by Crippen LogP contribution is 2.30. The Morgan fingerprint density at radius 3 is 2.59 bits per heavy atom. The second-order valence-corrected chi connectivity index (χ2v) is 5.36. The van der Waals surface area contributed by atoms with Gasteiger partial charge in [0.25, 0.3) is 0 Å². The molecule has 0 spiro atoms. The Bertz CT molecular complexity index is 352. The zero-order chi connectivity index (χ0) is 12.4. The number of nitrogens with two attached hydrogens (primary N) is 1. The molecule has 0 bridgehead atoms. The van der Waals surface area contributed by atoms with E-state index in [1.807, 2.05) is 17.9 Å². The molecule has 1 aliphatic rings. The predicted molar refractivity (Wildman–Crippen MR) is 69.6 cm³/mol. The molecule has 0 radical (unpaired) electrons. The third-order valence-corrected chi connectivity index (χ3v) is 3.90. The molecule has 0 amide bonds. The van der Waals surface area contributed by atoms with Gasteiger partial charge < -0.3 is 5.73 Å². The van der Waals surface area contributed by atoms with Crippen molar-refractivity contribution in [1.82, 2.24) is 14.7 Å². The van der Waals surface area contributed by atoms with E-state index in [2.05, 4.69) is 30.2 Å². The molecule has 2 atom stereocenters. The molecular weight excluding hydrogens is 212 g/mol. The largest absolute Gasteiger partial charge is 0.326 e. The topological polar surface area (TPSA) is 47.1 Å². The van der Waals surface area contributed by atoms with Gasteiger partial charge in [-0.15, -0.1) is 0 Å². The smallest absolute Gasteiger partial charge is 0.0538 e. The van der Waals surface area contributed by atoms with Crippen LogP contribution in [0.2, 0.25) is 0 Å². The van der Waals surface area contributed by atoms with Gasteiger partial charge in [0.2, 0.25) is 0 Å². The van der Waals surface area contributed by atoms with Crippen molar-refractivity contribution in [1.29, 1.82) is 0 Å². The maximum Gasteiger partial charge on any atom is 0.0538 e. The molecule has 1 saturated carbocycles. The quantitative estimate of drug-likeness (QED) is 0.865. The summed E-state index contributed by atoms with van der Waals surface area (Å²) in [6.07, 6.45) is 9.35. The Morgan fingerprint density at radius 2 is 2.12 bits per heavy atom. The summed E-state index contributed by atoms with van der Waals surface area (Å²) in [4.78, 5) is 2.45. The van der Waals surface area contributed by atoms with Crippen molar-refractivity contribution in [2.45, 2.75) is 50.7 Å². The summed E-state index contributed by atoms with van der Waals surface area (Å²) in [6, 6.07) is 1.10. The van der Waals surface area contributed by atoms with Gasteiger partial charge in [-0.1, -0.05) is 12.8 Å². The summed E-state index contributed by atoms with van der Waals surface area (Å²) < 4.78 is 1.85. The van der Waals surface area contributed by atoms with Crippen LogP contribution in [0.15, 0.2) is 12.4 Å². The molecule has 1 aliphatic carbocycles. The highest BCUT2D eigenvalue weighted by Gasteiger charge is 2.29. The lowest BCUT2D eigenvalue weighted by molar-refractivity contribution is 0.157. The van der Waals surface area contributed by atoms with E-state index in [1.54, 1.807) is 0 Å². The lowest BCUT2D eigenvalue weighted by atomic mass is 10.0. The minimum atomic E-state index is 0.129. The Kier molecular flexibility index (Phi) is 3.84. The van der Waals surface area contributed by atoms with Crippen molar-refractivity contribution in [2.24, 2.45) is 12.8 Å². The van der Waals surface area contributed by atoms with E-state index in [4.69, 9.17) is 5.73 Å². The third kappa shape index (κ3) is 2.69. The number of likely N-dealkylation sites (N-methyl/N-ethyl adjacent to an activating group) is 1. The maximum absolute atomic E-state index is 6.17. The van der Waals surface area contributed by atoms with Crippen LogP contribution in [0.5, 0.6) is 0 Å². The van der Waals surface area contributed by atoms with E-state index < -0.39 is 0 Å². The number of hydrogen-bond donors (Lipinski definition) is 1. The standard InChI is InChI=1S/C13H24N4/c1-10(14)13(11-8-15-16(2)9-11)17(3)12-6-4-5-7-12/h8-10,12-13H,4-7,14H2,1-3H3. The van der Waals surface area contributed by atoms with Crippen LogP contribution in [0.4, 0.5) is 0 Å². The minimum absolute atomic E-state index is 0.129. The molecule has 96 valence electrons. The van der Waals surface area contributed by atoms with Crippen LogP contribution in [0.3, 0.4) is 0 Å². The molecule has 4 heteroatoms. The summed E-state index contributed by atoms with van der Waals surface area (Å²) in [5.41, 5.74) is 7.40. The molecule has 2 N–H and O–H groups in total. The van der Waals surface area contributed by atoms with Gasteiger partial charge in [0.1, 0.15) is 0 Å². The molecular formula is C13H24N4. The first-order chi connectivity index (χ1) is 8.09. The van der Waals surface area contributed by atoms with Gasteiger partial charge in [0, 0.05) is 30.9 Å². The van der Waals surface area contributed by atoms with Crippen molar-refractivity contribution in [3.05, 3.63) is 18.0 Å². The molecule has 4 nitrogen and oxygen atoms in total. The van der Waals surface area contributed by atoms with Crippen molar-refractivity contribution >= 4 is 0 Å². The molecule has 1 aromatic heterocycles. The van der Waals surface area contributed by atoms with Crippen LogP contribution in [0, 0.1) is 0 Å². The Hall–Kier alpha value is -0.870. The lowest BCUT2D eigenvalue weighted by Gasteiger charge is -2.35. The van der Waals surface area contributed by atoms with Crippen LogP contribution >= 0.6 is 0 Å². The van der Waals surface area contributed by atoms with E-state index in [9.17, 15) is 0 Å². The molecule has 1 heterocycles. The Morgan fingerprint density at radius 1 is 1.47 bits per heavy atom. The fraction of sp³-hybridized carbons (Fsp3) is 0.769. The summed E-state index contributed by atoms with van der Waals surface area (Å²) >= 11 is 0. The highest BCUT2D eigenvalue weighted by molar-refractivity contribution is 5.13. The van der Waals surface area contributed by atoms with Gasteiger partial charge in [0.15, 0.2) is 0 Å². The summed E-state index contributed by atoms with van der Waals surface area (Å²) in [5, 5.41) is 4.26. The average molecular weight is 236 g/mol. The van der Waals surface area contributed by atoms with Crippen molar-refractivity contribution in [2.75, 3.05) is 7.05 Å². The lowest BCUT2D eigenvalue weighted by Crippen LogP contribution is -2.41. The van der Waals surface area contributed by atoms with Gasteiger partial charge in [-0.05, 0) is 26.8 Å². The van der Waals surface area contributed by atoms with Gasteiger partial charge in [-0.2, -0.15) is 5.10 Å². The number of aromatic nitrogens is 2. The zero-order valence-corrected chi connectivity index (χ0v) is 11.1. The highest BCUT2D eigenvalue weighted by atomic mass is 15.3. The second-order valence-electron chi connectivity index (χ2n) is 5.36. The second kappa shape index (κ2) is 5.19. The zero-order valence-electron chi connectivity index (χ0n) is 11.1. The molecule has 2 rings (SSSR count). The summed E-state index contributed by atoms with van der Waals surface area (Å²) in [5.74, 6) is 0. The summed E-state index contributed by atoms with van der Waals surface area (Å²) in [6.45, 7) is 2.09. The Labute approximate surface area is 104 Å². The van der Waals surface area contributed by atoms with Crippen LogP contribution in [-0.4, -0.2) is 33.8 Å². The number of rotatable bonds is 4.